The van der Waals surface area contributed by atoms with Crippen LogP contribution in [-0.2, 0) is 16.1 Å². The molecule has 2 aliphatic rings. The highest BCUT2D eigenvalue weighted by Crippen LogP contribution is 2.47. The topological polar surface area (TPSA) is 64.6 Å². The van der Waals surface area contributed by atoms with Gasteiger partial charge in [0.05, 0.1) is 21.4 Å². The van der Waals surface area contributed by atoms with E-state index >= 15 is 0 Å². The molecule has 0 aromatic heterocycles. The largest absolute Gasteiger partial charge is 0.488 e. The maximum atomic E-state index is 13.6. The van der Waals surface area contributed by atoms with E-state index in [0.29, 0.717) is 28.2 Å². The van der Waals surface area contributed by atoms with Gasteiger partial charge in [0.15, 0.2) is 5.78 Å². The standard InChI is InChI=1S/C29H23FINO4/c1-3-35-29(34)24-16(2)32-27-20-9-4-5-10-21(20)28(33)26(27)25(24)18-11-12-23(22(31)14-18)36-15-17-7-6-8-19(30)13-17/h4-14,25,32H,3,15H2,1-2H3/t25-/m0/s1. The number of fused-ring (bicyclic) bond motifs is 2. The van der Waals surface area contributed by atoms with Crippen LogP contribution in [0.4, 0.5) is 4.39 Å². The highest BCUT2D eigenvalue weighted by Gasteiger charge is 2.43. The number of ether oxygens (including phenoxy) is 2. The number of benzene rings is 3. The molecule has 1 heterocycles. The zero-order chi connectivity index (χ0) is 25.4. The Morgan fingerprint density at radius 1 is 1.06 bits per heavy atom. The van der Waals surface area contributed by atoms with Crippen molar-refractivity contribution in [2.24, 2.45) is 0 Å². The normalized spacial score (nSPS) is 16.4. The van der Waals surface area contributed by atoms with Crippen molar-refractivity contribution >= 4 is 40.0 Å². The number of halogens is 2. The molecule has 1 N–H and O–H groups in total. The lowest BCUT2D eigenvalue weighted by molar-refractivity contribution is -0.138. The third kappa shape index (κ3) is 4.32. The van der Waals surface area contributed by atoms with Crippen molar-refractivity contribution in [2.75, 3.05) is 6.61 Å². The van der Waals surface area contributed by atoms with E-state index in [0.717, 1.165) is 26.0 Å². The van der Waals surface area contributed by atoms with Gasteiger partial charge in [-0.05, 0) is 71.8 Å². The Morgan fingerprint density at radius 2 is 1.83 bits per heavy atom. The maximum absolute atomic E-state index is 13.6. The van der Waals surface area contributed by atoms with Crippen molar-refractivity contribution < 1.29 is 23.5 Å². The fourth-order valence-electron chi connectivity index (χ4n) is 4.74. The molecule has 0 radical (unpaired) electrons. The van der Waals surface area contributed by atoms with Gasteiger partial charge in [-0.1, -0.05) is 42.5 Å². The van der Waals surface area contributed by atoms with Crippen LogP contribution in [-0.4, -0.2) is 18.4 Å². The SMILES string of the molecule is CCOC(=O)C1=C(C)NC2=C(C(=O)c3ccccc32)[C@H]1c1ccc(OCc2cccc(F)c2)c(I)c1. The molecule has 3 aromatic carbocycles. The molecule has 3 aromatic rings. The quantitative estimate of drug-likeness (QED) is 0.274. The molecule has 5 rings (SSSR count). The van der Waals surface area contributed by atoms with Crippen molar-refractivity contribution in [3.8, 4) is 5.75 Å². The van der Waals surface area contributed by atoms with Crippen molar-refractivity contribution in [2.45, 2.75) is 26.4 Å². The molecule has 1 aliphatic carbocycles. The fourth-order valence-corrected chi connectivity index (χ4v) is 5.44. The number of rotatable bonds is 6. The van der Waals surface area contributed by atoms with Crippen LogP contribution < -0.4 is 10.1 Å². The zero-order valence-electron chi connectivity index (χ0n) is 19.7. The van der Waals surface area contributed by atoms with Crippen LogP contribution in [0.5, 0.6) is 5.75 Å². The number of ketones is 1. The van der Waals surface area contributed by atoms with E-state index in [1.807, 2.05) is 43.3 Å². The molecule has 0 unspecified atom stereocenters. The summed E-state index contributed by atoms with van der Waals surface area (Å²) in [6.45, 7) is 4.04. The minimum absolute atomic E-state index is 0.103. The number of Topliss-reactive ketones (excluding diaryl/α,β-unsaturated/α-hetero) is 1. The second-order valence-corrected chi connectivity index (χ2v) is 9.75. The third-order valence-electron chi connectivity index (χ3n) is 6.32. The van der Waals surface area contributed by atoms with Crippen LogP contribution in [0, 0.1) is 9.39 Å². The summed E-state index contributed by atoms with van der Waals surface area (Å²) in [6, 6.07) is 19.3. The predicted molar refractivity (Wildman–Crippen MR) is 143 cm³/mol. The number of nitrogens with one attached hydrogen (secondary N) is 1. The summed E-state index contributed by atoms with van der Waals surface area (Å²) in [7, 11) is 0. The molecule has 0 bridgehead atoms. The summed E-state index contributed by atoms with van der Waals surface area (Å²) >= 11 is 2.18. The summed E-state index contributed by atoms with van der Waals surface area (Å²) in [5, 5.41) is 3.30. The van der Waals surface area contributed by atoms with Gasteiger partial charge in [-0.2, -0.15) is 0 Å². The molecule has 0 amide bonds. The van der Waals surface area contributed by atoms with Gasteiger partial charge in [-0.25, -0.2) is 9.18 Å². The molecule has 182 valence electrons. The van der Waals surface area contributed by atoms with Crippen LogP contribution in [0.3, 0.4) is 0 Å². The maximum Gasteiger partial charge on any atom is 0.336 e. The van der Waals surface area contributed by atoms with Crippen LogP contribution in [0.25, 0.3) is 5.70 Å². The van der Waals surface area contributed by atoms with E-state index in [9.17, 15) is 14.0 Å². The van der Waals surface area contributed by atoms with E-state index in [2.05, 4.69) is 27.9 Å². The highest BCUT2D eigenvalue weighted by atomic mass is 127. The summed E-state index contributed by atoms with van der Waals surface area (Å²) in [5.74, 6) is -0.831. The fraction of sp³-hybridized carbons (Fsp3) is 0.172. The first-order valence-corrected chi connectivity index (χ1v) is 12.7. The van der Waals surface area contributed by atoms with Crippen molar-refractivity contribution in [3.05, 3.63) is 115 Å². The summed E-state index contributed by atoms with van der Waals surface area (Å²) < 4.78 is 25.7. The number of hydrogen-bond acceptors (Lipinski definition) is 5. The molecule has 0 saturated carbocycles. The number of carbonyl (C=O) groups excluding carboxylic acids is 2. The molecular weight excluding hydrogens is 572 g/mol. The minimum atomic E-state index is -0.592. The predicted octanol–water partition coefficient (Wildman–Crippen LogP) is 6.14. The van der Waals surface area contributed by atoms with Crippen molar-refractivity contribution in [1.82, 2.24) is 5.32 Å². The lowest BCUT2D eigenvalue weighted by Gasteiger charge is -2.29. The Kier molecular flexibility index (Phi) is 6.66. The molecule has 0 fully saturated rings. The molecule has 36 heavy (non-hydrogen) atoms. The van der Waals surface area contributed by atoms with Gasteiger partial charge >= 0.3 is 5.97 Å². The number of esters is 1. The summed E-state index contributed by atoms with van der Waals surface area (Å²) in [4.78, 5) is 26.6. The number of carbonyl (C=O) groups is 2. The van der Waals surface area contributed by atoms with Crippen LogP contribution in [0.2, 0.25) is 0 Å². The average Bonchev–Trinajstić information content (AvgIpc) is 3.14. The zero-order valence-corrected chi connectivity index (χ0v) is 21.9. The van der Waals surface area contributed by atoms with E-state index in [-0.39, 0.29) is 24.8 Å². The lowest BCUT2D eigenvalue weighted by atomic mass is 9.80. The minimum Gasteiger partial charge on any atom is -0.488 e. The monoisotopic (exact) mass is 595 g/mol. The summed E-state index contributed by atoms with van der Waals surface area (Å²) in [6.07, 6.45) is 0. The van der Waals surface area contributed by atoms with Crippen LogP contribution >= 0.6 is 22.6 Å². The van der Waals surface area contributed by atoms with Gasteiger partial charge in [0.25, 0.3) is 0 Å². The van der Waals surface area contributed by atoms with E-state index in [1.165, 1.54) is 12.1 Å². The molecule has 0 spiro atoms. The van der Waals surface area contributed by atoms with Gasteiger partial charge in [-0.15, -0.1) is 0 Å². The first-order valence-electron chi connectivity index (χ1n) is 11.6. The van der Waals surface area contributed by atoms with Gasteiger partial charge < -0.3 is 14.8 Å². The van der Waals surface area contributed by atoms with Gasteiger partial charge in [0.2, 0.25) is 0 Å². The first-order chi connectivity index (χ1) is 17.4. The second kappa shape index (κ2) is 9.89. The molecule has 1 atom stereocenters. The number of allylic oxidation sites excluding steroid dienone is 2. The Labute approximate surface area is 222 Å². The van der Waals surface area contributed by atoms with Gasteiger partial charge in [0, 0.05) is 28.3 Å². The third-order valence-corrected chi connectivity index (χ3v) is 7.16. The number of dihydropyridines is 1. The van der Waals surface area contributed by atoms with Crippen LogP contribution in [0.1, 0.15) is 46.8 Å². The average molecular weight is 595 g/mol. The van der Waals surface area contributed by atoms with E-state index in [1.54, 1.807) is 25.1 Å². The van der Waals surface area contributed by atoms with Crippen LogP contribution in [0.15, 0.2) is 83.6 Å². The molecule has 7 heteroatoms. The Balaban J connectivity index is 1.54. The van der Waals surface area contributed by atoms with Crippen molar-refractivity contribution in [1.29, 1.82) is 0 Å². The van der Waals surface area contributed by atoms with Gasteiger partial charge in [-0.3, -0.25) is 4.79 Å². The Hall–Kier alpha value is -3.46. The highest BCUT2D eigenvalue weighted by molar-refractivity contribution is 14.1. The number of hydrogen-bond donors (Lipinski definition) is 1. The Morgan fingerprint density at radius 3 is 2.56 bits per heavy atom. The molecule has 5 nitrogen and oxygen atoms in total. The molecular formula is C29H23FINO4. The summed E-state index contributed by atoms with van der Waals surface area (Å²) in [5.41, 5.74) is 5.29. The smallest absolute Gasteiger partial charge is 0.336 e. The van der Waals surface area contributed by atoms with Gasteiger partial charge in [0.1, 0.15) is 18.2 Å². The second-order valence-electron chi connectivity index (χ2n) is 8.59. The van der Waals surface area contributed by atoms with E-state index < -0.39 is 11.9 Å². The molecule has 1 aliphatic heterocycles. The molecule has 0 saturated heterocycles. The lowest BCUT2D eigenvalue weighted by Crippen LogP contribution is -2.29. The van der Waals surface area contributed by atoms with E-state index in [4.69, 9.17) is 9.47 Å². The Bertz CT molecular complexity index is 1460. The van der Waals surface area contributed by atoms with Crippen molar-refractivity contribution in [3.63, 3.8) is 0 Å². The first kappa shape index (κ1) is 24.2.